The third-order valence-corrected chi connectivity index (χ3v) is 2.03. The SMILES string of the molecule is O=C(O)c1nc2c(O)cccn2c1C(=O)O. The minimum absolute atomic E-state index is 0.0997. The number of fused-ring (bicyclic) bond motifs is 1. The maximum absolute atomic E-state index is 10.9. The van der Waals surface area contributed by atoms with Crippen LogP contribution < -0.4 is 0 Å². The molecule has 7 nitrogen and oxygen atoms in total. The molecule has 0 unspecified atom stereocenters. The van der Waals surface area contributed by atoms with E-state index in [4.69, 9.17) is 10.2 Å². The average Bonchev–Trinajstić information content (AvgIpc) is 2.58. The molecule has 0 saturated heterocycles. The molecule has 0 atom stereocenters. The normalized spacial score (nSPS) is 10.5. The number of hydrogen-bond donors (Lipinski definition) is 3. The largest absolute Gasteiger partial charge is 0.504 e. The summed E-state index contributed by atoms with van der Waals surface area (Å²) in [7, 11) is 0. The van der Waals surface area contributed by atoms with E-state index in [1.807, 2.05) is 0 Å². The predicted molar refractivity (Wildman–Crippen MR) is 50.8 cm³/mol. The number of carboxylic acids is 2. The van der Waals surface area contributed by atoms with Crippen LogP contribution in [0.4, 0.5) is 0 Å². The third-order valence-electron chi connectivity index (χ3n) is 2.03. The van der Waals surface area contributed by atoms with Gasteiger partial charge in [-0.05, 0) is 12.1 Å². The van der Waals surface area contributed by atoms with Crippen molar-refractivity contribution >= 4 is 17.6 Å². The van der Waals surface area contributed by atoms with Gasteiger partial charge in [-0.15, -0.1) is 0 Å². The van der Waals surface area contributed by atoms with Crippen LogP contribution in [0.1, 0.15) is 21.0 Å². The Kier molecular flexibility index (Phi) is 2.01. The lowest BCUT2D eigenvalue weighted by Crippen LogP contribution is -2.09. The van der Waals surface area contributed by atoms with Gasteiger partial charge in [0.15, 0.2) is 22.8 Å². The summed E-state index contributed by atoms with van der Waals surface area (Å²) in [6.07, 6.45) is 1.32. The van der Waals surface area contributed by atoms with Gasteiger partial charge in [0.05, 0.1) is 0 Å². The van der Waals surface area contributed by atoms with Crippen molar-refractivity contribution in [3.63, 3.8) is 0 Å². The molecule has 16 heavy (non-hydrogen) atoms. The Morgan fingerprint density at radius 3 is 2.50 bits per heavy atom. The van der Waals surface area contributed by atoms with Crippen LogP contribution in [0, 0.1) is 0 Å². The first-order chi connectivity index (χ1) is 7.52. The highest BCUT2D eigenvalue weighted by molar-refractivity contribution is 6.00. The van der Waals surface area contributed by atoms with Crippen molar-refractivity contribution in [2.75, 3.05) is 0 Å². The van der Waals surface area contributed by atoms with Gasteiger partial charge in [0.2, 0.25) is 0 Å². The Morgan fingerprint density at radius 2 is 1.94 bits per heavy atom. The second-order valence-electron chi connectivity index (χ2n) is 3.01. The number of aromatic carboxylic acids is 2. The van der Waals surface area contributed by atoms with Crippen molar-refractivity contribution in [3.05, 3.63) is 29.7 Å². The number of hydrogen-bond acceptors (Lipinski definition) is 4. The van der Waals surface area contributed by atoms with Gasteiger partial charge in [0.25, 0.3) is 0 Å². The van der Waals surface area contributed by atoms with E-state index in [9.17, 15) is 14.7 Å². The monoisotopic (exact) mass is 222 g/mol. The molecule has 2 aromatic rings. The maximum atomic E-state index is 10.9. The van der Waals surface area contributed by atoms with E-state index in [0.717, 1.165) is 4.40 Å². The van der Waals surface area contributed by atoms with E-state index in [0.29, 0.717) is 0 Å². The molecule has 0 fully saturated rings. The summed E-state index contributed by atoms with van der Waals surface area (Å²) in [4.78, 5) is 25.3. The number of nitrogens with zero attached hydrogens (tertiary/aromatic N) is 2. The zero-order chi connectivity index (χ0) is 11.9. The van der Waals surface area contributed by atoms with Crippen molar-refractivity contribution < 1.29 is 24.9 Å². The molecule has 3 N–H and O–H groups in total. The first-order valence-corrected chi connectivity index (χ1v) is 4.19. The van der Waals surface area contributed by atoms with Crippen molar-refractivity contribution in [2.24, 2.45) is 0 Å². The summed E-state index contributed by atoms with van der Waals surface area (Å²) < 4.78 is 1.01. The van der Waals surface area contributed by atoms with Crippen LogP contribution in [0.15, 0.2) is 18.3 Å². The van der Waals surface area contributed by atoms with Crippen LogP contribution in [-0.2, 0) is 0 Å². The second kappa shape index (κ2) is 3.23. The number of aromatic nitrogens is 2. The fourth-order valence-electron chi connectivity index (χ4n) is 1.41. The molecule has 0 aliphatic carbocycles. The Morgan fingerprint density at radius 1 is 1.25 bits per heavy atom. The molecule has 0 aromatic carbocycles. The van der Waals surface area contributed by atoms with E-state index < -0.39 is 23.3 Å². The molecule has 2 aromatic heterocycles. The number of aromatic hydroxyl groups is 1. The van der Waals surface area contributed by atoms with Gasteiger partial charge in [-0.3, -0.25) is 4.40 Å². The van der Waals surface area contributed by atoms with Crippen LogP contribution in [0.5, 0.6) is 5.75 Å². The summed E-state index contributed by atoms with van der Waals surface area (Å²) in [5.41, 5.74) is -1.19. The van der Waals surface area contributed by atoms with Crippen LogP contribution in [-0.4, -0.2) is 36.6 Å². The number of pyridine rings is 1. The molecule has 7 heteroatoms. The Labute approximate surface area is 88.2 Å². The molecule has 0 aliphatic heterocycles. The third kappa shape index (κ3) is 1.26. The lowest BCUT2D eigenvalue weighted by molar-refractivity contribution is 0.0643. The molecule has 2 rings (SSSR count). The Bertz CT molecular complexity index is 601. The zero-order valence-corrected chi connectivity index (χ0v) is 7.78. The molecule has 82 valence electrons. The summed E-state index contributed by atoms with van der Waals surface area (Å²) in [6, 6.07) is 2.68. The quantitative estimate of drug-likeness (QED) is 0.679. The summed E-state index contributed by atoms with van der Waals surface area (Å²) in [6.45, 7) is 0. The molecular weight excluding hydrogens is 216 g/mol. The lowest BCUT2D eigenvalue weighted by atomic mass is 10.3. The first kappa shape index (κ1) is 9.97. The molecule has 0 radical (unpaired) electrons. The van der Waals surface area contributed by atoms with E-state index in [2.05, 4.69) is 4.98 Å². The van der Waals surface area contributed by atoms with Gasteiger partial charge in [0, 0.05) is 6.20 Å². The van der Waals surface area contributed by atoms with Gasteiger partial charge in [0.1, 0.15) is 0 Å². The van der Waals surface area contributed by atoms with Gasteiger partial charge >= 0.3 is 11.9 Å². The van der Waals surface area contributed by atoms with E-state index in [-0.39, 0.29) is 11.4 Å². The van der Waals surface area contributed by atoms with Crippen molar-refractivity contribution in [1.82, 2.24) is 9.38 Å². The minimum atomic E-state index is -1.46. The predicted octanol–water partition coefficient (Wildman–Crippen LogP) is 0.436. The Hall–Kier alpha value is -2.57. The van der Waals surface area contributed by atoms with Crippen molar-refractivity contribution in [3.8, 4) is 5.75 Å². The maximum Gasteiger partial charge on any atom is 0.357 e. The molecular formula is C9H6N2O5. The van der Waals surface area contributed by atoms with Crippen molar-refractivity contribution in [2.45, 2.75) is 0 Å². The van der Waals surface area contributed by atoms with Gasteiger partial charge in [-0.2, -0.15) is 0 Å². The van der Waals surface area contributed by atoms with E-state index in [1.165, 1.54) is 18.3 Å². The van der Waals surface area contributed by atoms with Gasteiger partial charge < -0.3 is 15.3 Å². The second-order valence-corrected chi connectivity index (χ2v) is 3.01. The number of rotatable bonds is 2. The minimum Gasteiger partial charge on any atom is -0.504 e. The number of carbonyl (C=O) groups is 2. The van der Waals surface area contributed by atoms with Crippen molar-refractivity contribution in [1.29, 1.82) is 0 Å². The molecule has 0 saturated carbocycles. The number of imidazole rings is 1. The highest BCUT2D eigenvalue weighted by Gasteiger charge is 2.24. The standard InChI is InChI=1S/C9H6N2O5/c12-4-2-1-3-11-6(9(15)16)5(8(13)14)10-7(4)11/h1-3,12H,(H,13,14)(H,15,16). The average molecular weight is 222 g/mol. The van der Waals surface area contributed by atoms with E-state index >= 15 is 0 Å². The fraction of sp³-hybridized carbons (Fsp3) is 0. The molecule has 0 spiro atoms. The van der Waals surface area contributed by atoms with Crippen LogP contribution >= 0.6 is 0 Å². The zero-order valence-electron chi connectivity index (χ0n) is 7.78. The molecule has 0 bridgehead atoms. The first-order valence-electron chi connectivity index (χ1n) is 4.19. The smallest absolute Gasteiger partial charge is 0.357 e. The molecule has 2 heterocycles. The topological polar surface area (TPSA) is 112 Å². The summed E-state index contributed by atoms with van der Waals surface area (Å²) in [5.74, 6) is -3.16. The van der Waals surface area contributed by atoms with Crippen LogP contribution in [0.25, 0.3) is 5.65 Å². The molecule has 0 aliphatic rings. The van der Waals surface area contributed by atoms with Crippen LogP contribution in [0.3, 0.4) is 0 Å². The highest BCUT2D eigenvalue weighted by atomic mass is 16.4. The van der Waals surface area contributed by atoms with E-state index in [1.54, 1.807) is 0 Å². The van der Waals surface area contributed by atoms with Gasteiger partial charge in [-0.25, -0.2) is 14.6 Å². The highest BCUT2D eigenvalue weighted by Crippen LogP contribution is 2.20. The van der Waals surface area contributed by atoms with Gasteiger partial charge in [-0.1, -0.05) is 0 Å². The number of carboxylic acid groups (broad SMARTS) is 2. The summed E-state index contributed by atoms with van der Waals surface area (Å²) >= 11 is 0. The lowest BCUT2D eigenvalue weighted by Gasteiger charge is -1.97. The van der Waals surface area contributed by atoms with Crippen LogP contribution in [0.2, 0.25) is 0 Å². The Balaban J connectivity index is 2.92. The summed E-state index contributed by atoms with van der Waals surface area (Å²) in [5, 5.41) is 27.1. The molecule has 0 amide bonds. The fourth-order valence-corrected chi connectivity index (χ4v) is 1.41.